The summed E-state index contributed by atoms with van der Waals surface area (Å²) in [4.78, 5) is 12.0. The first-order chi connectivity index (χ1) is 12.0. The lowest BCUT2D eigenvalue weighted by molar-refractivity contribution is 0.0955. The summed E-state index contributed by atoms with van der Waals surface area (Å²) >= 11 is 6.73. The molecular weight excluding hydrogens is 452 g/mol. The number of ether oxygens (including phenoxy) is 2. The van der Waals surface area contributed by atoms with Gasteiger partial charge in [0.15, 0.2) is 11.5 Å². The highest BCUT2D eigenvalue weighted by atomic mass is 79.9. The molecule has 0 atom stereocenters. The van der Waals surface area contributed by atoms with Crippen LogP contribution in [0.25, 0.3) is 0 Å². The Labute approximate surface area is 162 Å². The van der Waals surface area contributed by atoms with Crippen molar-refractivity contribution >= 4 is 44.0 Å². The van der Waals surface area contributed by atoms with Gasteiger partial charge in [-0.3, -0.25) is 4.79 Å². The fourth-order valence-corrected chi connectivity index (χ4v) is 2.74. The third kappa shape index (κ3) is 5.34. The molecule has 0 saturated carbocycles. The topological polar surface area (TPSA) is 59.9 Å². The van der Waals surface area contributed by atoms with Crippen LogP contribution in [0, 0.1) is 12.3 Å². The molecule has 0 fully saturated rings. The summed E-state index contributed by atoms with van der Waals surface area (Å²) in [6, 6.07) is 10.5. The van der Waals surface area contributed by atoms with Crippen LogP contribution >= 0.6 is 31.9 Å². The van der Waals surface area contributed by atoms with Crippen molar-refractivity contribution in [1.82, 2.24) is 5.43 Å². The summed E-state index contributed by atoms with van der Waals surface area (Å²) in [5, 5.41) is 3.96. The van der Waals surface area contributed by atoms with Gasteiger partial charge in [-0.25, -0.2) is 5.43 Å². The fourth-order valence-electron chi connectivity index (χ4n) is 1.90. The van der Waals surface area contributed by atoms with E-state index in [2.05, 4.69) is 48.3 Å². The number of nitrogens with zero attached hydrogens (tertiary/aromatic N) is 1. The molecule has 7 heteroatoms. The Morgan fingerprint density at radius 2 is 2.04 bits per heavy atom. The third-order valence-electron chi connectivity index (χ3n) is 3.04. The van der Waals surface area contributed by atoms with Crippen LogP contribution in [0.2, 0.25) is 0 Å². The zero-order valence-corrected chi connectivity index (χ0v) is 16.4. The molecule has 0 aliphatic rings. The number of benzene rings is 2. The SMILES string of the molecule is C#CCOc1c(Br)cc(/C=N/NC(=O)c2ccc(Br)cc2)cc1OC. The quantitative estimate of drug-likeness (QED) is 0.398. The van der Waals surface area contributed by atoms with E-state index in [0.29, 0.717) is 27.1 Å². The van der Waals surface area contributed by atoms with Gasteiger partial charge in [-0.15, -0.1) is 6.42 Å². The van der Waals surface area contributed by atoms with Crippen LogP contribution in [0.3, 0.4) is 0 Å². The number of methoxy groups -OCH3 is 1. The molecular formula is C18H14Br2N2O3. The van der Waals surface area contributed by atoms with Crippen LogP contribution in [0.15, 0.2) is 50.4 Å². The van der Waals surface area contributed by atoms with Gasteiger partial charge in [-0.2, -0.15) is 5.10 Å². The lowest BCUT2D eigenvalue weighted by Crippen LogP contribution is -2.17. The molecule has 128 valence electrons. The Hall–Kier alpha value is -2.30. The lowest BCUT2D eigenvalue weighted by Gasteiger charge is -2.11. The molecule has 5 nitrogen and oxygen atoms in total. The Kier molecular flexibility index (Phi) is 7.04. The second-order valence-corrected chi connectivity index (χ2v) is 6.50. The molecule has 0 saturated heterocycles. The number of nitrogens with one attached hydrogen (secondary N) is 1. The molecule has 1 amide bonds. The van der Waals surface area contributed by atoms with Crippen LogP contribution < -0.4 is 14.9 Å². The number of terminal acetylenes is 1. The maximum absolute atomic E-state index is 12.0. The van der Waals surface area contributed by atoms with Gasteiger partial charge in [-0.05, 0) is 57.9 Å². The summed E-state index contributed by atoms with van der Waals surface area (Å²) < 4.78 is 12.3. The van der Waals surface area contributed by atoms with Gasteiger partial charge in [0.25, 0.3) is 5.91 Å². The van der Waals surface area contributed by atoms with E-state index in [4.69, 9.17) is 15.9 Å². The maximum atomic E-state index is 12.0. The van der Waals surface area contributed by atoms with E-state index in [1.165, 1.54) is 13.3 Å². The molecule has 2 aromatic carbocycles. The number of hydrogen-bond acceptors (Lipinski definition) is 4. The lowest BCUT2D eigenvalue weighted by atomic mass is 10.2. The molecule has 0 bridgehead atoms. The molecule has 2 rings (SSSR count). The number of carbonyl (C=O) groups is 1. The molecule has 0 aliphatic carbocycles. The largest absolute Gasteiger partial charge is 0.493 e. The van der Waals surface area contributed by atoms with Gasteiger partial charge >= 0.3 is 0 Å². The average Bonchev–Trinajstić information content (AvgIpc) is 2.61. The molecule has 0 heterocycles. The van der Waals surface area contributed by atoms with E-state index >= 15 is 0 Å². The highest BCUT2D eigenvalue weighted by Crippen LogP contribution is 2.36. The molecule has 0 radical (unpaired) electrons. The third-order valence-corrected chi connectivity index (χ3v) is 4.16. The van der Waals surface area contributed by atoms with Crippen molar-refractivity contribution in [3.8, 4) is 23.8 Å². The second-order valence-electron chi connectivity index (χ2n) is 4.73. The number of hydrazone groups is 1. The smallest absolute Gasteiger partial charge is 0.271 e. The molecule has 2 aromatic rings. The van der Waals surface area contributed by atoms with Gasteiger partial charge in [0.2, 0.25) is 0 Å². The first-order valence-electron chi connectivity index (χ1n) is 7.08. The maximum Gasteiger partial charge on any atom is 0.271 e. The summed E-state index contributed by atoms with van der Waals surface area (Å²) in [6.07, 6.45) is 6.71. The van der Waals surface area contributed by atoms with E-state index in [1.54, 1.807) is 36.4 Å². The van der Waals surface area contributed by atoms with Crippen molar-refractivity contribution in [2.75, 3.05) is 13.7 Å². The Balaban J connectivity index is 2.10. The van der Waals surface area contributed by atoms with E-state index in [9.17, 15) is 4.79 Å². The number of halogens is 2. The molecule has 0 aromatic heterocycles. The van der Waals surface area contributed by atoms with Crippen molar-refractivity contribution in [1.29, 1.82) is 0 Å². The minimum Gasteiger partial charge on any atom is -0.493 e. The highest BCUT2D eigenvalue weighted by molar-refractivity contribution is 9.10. The van der Waals surface area contributed by atoms with Gasteiger partial charge < -0.3 is 9.47 Å². The number of carbonyl (C=O) groups excluding carboxylic acids is 1. The minimum atomic E-state index is -0.302. The van der Waals surface area contributed by atoms with Gasteiger partial charge in [0.1, 0.15) is 6.61 Å². The van der Waals surface area contributed by atoms with Crippen molar-refractivity contribution in [3.05, 3.63) is 56.5 Å². The molecule has 25 heavy (non-hydrogen) atoms. The van der Waals surface area contributed by atoms with Gasteiger partial charge in [0, 0.05) is 10.0 Å². The van der Waals surface area contributed by atoms with Crippen LogP contribution in [0.5, 0.6) is 11.5 Å². The molecule has 1 N–H and O–H groups in total. The van der Waals surface area contributed by atoms with Crippen LogP contribution in [0.4, 0.5) is 0 Å². The number of hydrogen-bond donors (Lipinski definition) is 1. The Morgan fingerprint density at radius 1 is 1.32 bits per heavy atom. The molecule has 0 aliphatic heterocycles. The van der Waals surface area contributed by atoms with Crippen molar-refractivity contribution in [3.63, 3.8) is 0 Å². The van der Waals surface area contributed by atoms with Gasteiger partial charge in [-0.1, -0.05) is 21.9 Å². The average molecular weight is 466 g/mol. The standard InChI is InChI=1S/C18H14Br2N2O3/c1-3-8-25-17-15(20)9-12(10-16(17)24-2)11-21-22-18(23)13-4-6-14(19)7-5-13/h1,4-7,9-11H,8H2,2H3,(H,22,23)/b21-11+. The zero-order valence-electron chi connectivity index (χ0n) is 13.3. The van der Waals surface area contributed by atoms with Crippen LogP contribution in [0.1, 0.15) is 15.9 Å². The predicted molar refractivity (Wildman–Crippen MR) is 104 cm³/mol. The Morgan fingerprint density at radius 3 is 2.68 bits per heavy atom. The molecule has 0 spiro atoms. The highest BCUT2D eigenvalue weighted by Gasteiger charge is 2.11. The zero-order chi connectivity index (χ0) is 18.2. The normalized spacial score (nSPS) is 10.3. The number of amides is 1. The first-order valence-corrected chi connectivity index (χ1v) is 8.66. The van der Waals surface area contributed by atoms with E-state index < -0.39 is 0 Å². The van der Waals surface area contributed by atoms with Crippen LogP contribution in [-0.4, -0.2) is 25.8 Å². The summed E-state index contributed by atoms with van der Waals surface area (Å²) in [5.41, 5.74) is 3.70. The van der Waals surface area contributed by atoms with E-state index in [1.807, 2.05) is 0 Å². The monoisotopic (exact) mass is 464 g/mol. The number of rotatable bonds is 6. The van der Waals surface area contributed by atoms with Crippen molar-refractivity contribution < 1.29 is 14.3 Å². The summed E-state index contributed by atoms with van der Waals surface area (Å²) in [7, 11) is 1.53. The Bertz CT molecular complexity index is 827. The fraction of sp³-hybridized carbons (Fsp3) is 0.111. The minimum absolute atomic E-state index is 0.131. The van der Waals surface area contributed by atoms with E-state index in [-0.39, 0.29) is 12.5 Å². The summed E-state index contributed by atoms with van der Waals surface area (Å²) in [6.45, 7) is 0.131. The molecule has 0 unspecified atom stereocenters. The van der Waals surface area contributed by atoms with Crippen LogP contribution in [-0.2, 0) is 0 Å². The van der Waals surface area contributed by atoms with E-state index in [0.717, 1.165) is 4.47 Å². The van der Waals surface area contributed by atoms with Crippen molar-refractivity contribution in [2.45, 2.75) is 0 Å². The first kappa shape index (κ1) is 19.0. The van der Waals surface area contributed by atoms with Crippen molar-refractivity contribution in [2.24, 2.45) is 5.10 Å². The summed E-state index contributed by atoms with van der Waals surface area (Å²) in [5.74, 6) is 3.11. The second kappa shape index (κ2) is 9.25. The predicted octanol–water partition coefficient (Wildman–Crippen LogP) is 4.00. The van der Waals surface area contributed by atoms with Gasteiger partial charge in [0.05, 0.1) is 17.8 Å².